The summed E-state index contributed by atoms with van der Waals surface area (Å²) in [6.07, 6.45) is 1.02. The Kier molecular flexibility index (Phi) is 4.71. The fraction of sp³-hybridized carbons (Fsp3) is 1.00. The van der Waals surface area contributed by atoms with Crippen LogP contribution in [0.3, 0.4) is 0 Å². The largest absolute Gasteiger partial charge is 0.127 e. The van der Waals surface area contributed by atoms with Crippen molar-refractivity contribution in [2.75, 3.05) is 11.8 Å². The molecule has 0 fully saturated rings. The molecule has 0 amide bonds. The van der Waals surface area contributed by atoms with E-state index in [0.29, 0.717) is 17.2 Å². The molecule has 0 radical (unpaired) electrons. The predicted molar refractivity (Wildman–Crippen MR) is 49.0 cm³/mol. The van der Waals surface area contributed by atoms with E-state index in [1.54, 1.807) is 0 Å². The average molecular weight is 183 g/mol. The second-order valence-electron chi connectivity index (χ2n) is 3.69. The van der Waals surface area contributed by atoms with Gasteiger partial charge in [-0.15, -0.1) is 23.2 Å². The Morgan fingerprint density at radius 3 is 1.80 bits per heavy atom. The van der Waals surface area contributed by atoms with Crippen LogP contribution in [0.2, 0.25) is 0 Å². The van der Waals surface area contributed by atoms with Crippen LogP contribution >= 0.6 is 23.2 Å². The Bertz CT molecular complexity index is 83.7. The first-order valence-electron chi connectivity index (χ1n) is 3.64. The molecule has 0 N–H and O–H groups in total. The van der Waals surface area contributed by atoms with Crippen molar-refractivity contribution in [3.8, 4) is 0 Å². The molecule has 0 saturated heterocycles. The monoisotopic (exact) mass is 182 g/mol. The van der Waals surface area contributed by atoms with Gasteiger partial charge < -0.3 is 0 Å². The van der Waals surface area contributed by atoms with Gasteiger partial charge in [-0.3, -0.25) is 0 Å². The summed E-state index contributed by atoms with van der Waals surface area (Å²) in [5, 5.41) is 0. The lowest BCUT2D eigenvalue weighted by Gasteiger charge is -2.28. The van der Waals surface area contributed by atoms with Crippen molar-refractivity contribution in [1.82, 2.24) is 0 Å². The summed E-state index contributed by atoms with van der Waals surface area (Å²) >= 11 is 11.4. The predicted octanol–water partition coefficient (Wildman–Crippen LogP) is 3.52. The smallest absolute Gasteiger partial charge is 0.0257 e. The van der Waals surface area contributed by atoms with Crippen LogP contribution < -0.4 is 0 Å². The molecular weight excluding hydrogens is 167 g/mol. The molecule has 0 saturated carbocycles. The van der Waals surface area contributed by atoms with Crippen molar-refractivity contribution in [2.45, 2.75) is 27.2 Å². The maximum Gasteiger partial charge on any atom is 0.0257 e. The van der Waals surface area contributed by atoms with E-state index in [1.807, 2.05) is 0 Å². The first-order valence-corrected chi connectivity index (χ1v) is 4.71. The van der Waals surface area contributed by atoms with E-state index < -0.39 is 0 Å². The summed E-state index contributed by atoms with van der Waals surface area (Å²) in [6, 6.07) is 0. The zero-order valence-corrected chi connectivity index (χ0v) is 8.47. The van der Waals surface area contributed by atoms with Gasteiger partial charge in [0, 0.05) is 11.8 Å². The highest BCUT2D eigenvalue weighted by atomic mass is 35.5. The highest BCUT2D eigenvalue weighted by molar-refractivity contribution is 6.18. The Balaban J connectivity index is 3.81. The van der Waals surface area contributed by atoms with Crippen LogP contribution in [0, 0.1) is 11.3 Å². The summed E-state index contributed by atoms with van der Waals surface area (Å²) in [4.78, 5) is 0. The zero-order valence-electron chi connectivity index (χ0n) is 6.95. The zero-order chi connectivity index (χ0) is 8.20. The number of rotatable bonds is 3. The van der Waals surface area contributed by atoms with Gasteiger partial charge in [0.15, 0.2) is 0 Å². The second kappa shape index (κ2) is 4.46. The summed E-state index contributed by atoms with van der Waals surface area (Å²) in [7, 11) is 0. The van der Waals surface area contributed by atoms with Crippen molar-refractivity contribution >= 4 is 23.2 Å². The summed E-state index contributed by atoms with van der Waals surface area (Å²) in [5.74, 6) is 1.98. The molecule has 2 heteroatoms. The minimum atomic E-state index is 0.302. The first kappa shape index (κ1) is 10.6. The van der Waals surface area contributed by atoms with E-state index >= 15 is 0 Å². The molecule has 0 aliphatic carbocycles. The average Bonchev–Trinajstić information content (AvgIpc) is 1.80. The van der Waals surface area contributed by atoms with Gasteiger partial charge in [-0.25, -0.2) is 0 Å². The molecule has 0 bridgehead atoms. The molecule has 1 unspecified atom stereocenters. The normalized spacial score (nSPS) is 15.3. The lowest BCUT2D eigenvalue weighted by atomic mass is 9.80. The van der Waals surface area contributed by atoms with Crippen LogP contribution in [0.25, 0.3) is 0 Å². The number of hydrogen-bond acceptors (Lipinski definition) is 0. The molecule has 0 heterocycles. The third-order valence-corrected chi connectivity index (χ3v) is 2.46. The lowest BCUT2D eigenvalue weighted by Crippen LogP contribution is -2.22. The molecule has 0 aromatic carbocycles. The number of hydrogen-bond donors (Lipinski definition) is 0. The maximum absolute atomic E-state index is 5.77. The topological polar surface area (TPSA) is 0 Å². The maximum atomic E-state index is 5.77. The molecule has 10 heavy (non-hydrogen) atoms. The summed E-state index contributed by atoms with van der Waals surface area (Å²) < 4.78 is 0. The Labute approximate surface area is 73.9 Å². The Morgan fingerprint density at radius 2 is 1.70 bits per heavy atom. The molecule has 0 spiro atoms. The van der Waals surface area contributed by atoms with E-state index in [9.17, 15) is 0 Å². The molecule has 0 aromatic rings. The van der Waals surface area contributed by atoms with Crippen LogP contribution in [0.15, 0.2) is 0 Å². The molecule has 0 nitrogen and oxygen atoms in total. The molecular formula is C8H16Cl2. The van der Waals surface area contributed by atoms with E-state index in [1.165, 1.54) is 0 Å². The number of halogens is 2. The van der Waals surface area contributed by atoms with E-state index in [-0.39, 0.29) is 0 Å². The Hall–Kier alpha value is 0.580. The molecule has 0 rings (SSSR count). The van der Waals surface area contributed by atoms with Crippen molar-refractivity contribution in [3.05, 3.63) is 0 Å². The lowest BCUT2D eigenvalue weighted by molar-refractivity contribution is 0.259. The molecule has 0 aliphatic heterocycles. The third kappa shape index (κ3) is 3.68. The van der Waals surface area contributed by atoms with Gasteiger partial charge in [0.25, 0.3) is 0 Å². The molecule has 1 atom stereocenters. The van der Waals surface area contributed by atoms with Crippen LogP contribution in [-0.2, 0) is 0 Å². The highest BCUT2D eigenvalue weighted by Gasteiger charge is 2.22. The van der Waals surface area contributed by atoms with E-state index in [2.05, 4.69) is 20.8 Å². The highest BCUT2D eigenvalue weighted by Crippen LogP contribution is 2.29. The molecule has 0 aliphatic rings. The van der Waals surface area contributed by atoms with Crippen LogP contribution in [0.4, 0.5) is 0 Å². The minimum absolute atomic E-state index is 0.302. The molecule has 62 valence electrons. The van der Waals surface area contributed by atoms with Gasteiger partial charge in [0.05, 0.1) is 0 Å². The van der Waals surface area contributed by atoms with Crippen LogP contribution in [0.1, 0.15) is 27.2 Å². The van der Waals surface area contributed by atoms with Crippen molar-refractivity contribution in [1.29, 1.82) is 0 Å². The summed E-state index contributed by atoms with van der Waals surface area (Å²) in [5.41, 5.74) is 0.302. The molecule has 0 aromatic heterocycles. The van der Waals surface area contributed by atoms with Crippen molar-refractivity contribution in [3.63, 3.8) is 0 Å². The Morgan fingerprint density at radius 1 is 1.20 bits per heavy atom. The van der Waals surface area contributed by atoms with Gasteiger partial charge in [0.2, 0.25) is 0 Å². The number of alkyl halides is 2. The fourth-order valence-electron chi connectivity index (χ4n) is 0.873. The van der Waals surface area contributed by atoms with Gasteiger partial charge in [-0.05, 0) is 17.8 Å². The van der Waals surface area contributed by atoms with Gasteiger partial charge in [-0.2, -0.15) is 0 Å². The quantitative estimate of drug-likeness (QED) is 0.587. The van der Waals surface area contributed by atoms with E-state index in [4.69, 9.17) is 23.2 Å². The first-order chi connectivity index (χ1) is 4.52. The van der Waals surface area contributed by atoms with Crippen molar-refractivity contribution < 1.29 is 0 Å². The van der Waals surface area contributed by atoms with Crippen molar-refractivity contribution in [2.24, 2.45) is 11.3 Å². The second-order valence-corrected chi connectivity index (χ2v) is 4.38. The van der Waals surface area contributed by atoms with E-state index in [0.717, 1.165) is 12.3 Å². The van der Waals surface area contributed by atoms with Gasteiger partial charge >= 0.3 is 0 Å². The fourth-order valence-corrected chi connectivity index (χ4v) is 1.75. The minimum Gasteiger partial charge on any atom is -0.127 e. The third-order valence-electron chi connectivity index (χ3n) is 1.87. The summed E-state index contributed by atoms with van der Waals surface area (Å²) in [6.45, 7) is 6.60. The van der Waals surface area contributed by atoms with Gasteiger partial charge in [-0.1, -0.05) is 20.8 Å². The van der Waals surface area contributed by atoms with Crippen LogP contribution in [-0.4, -0.2) is 11.8 Å². The SMILES string of the molecule is CC(C)(C)C(CCl)CCCl. The van der Waals surface area contributed by atoms with Crippen LogP contribution in [0.5, 0.6) is 0 Å². The van der Waals surface area contributed by atoms with Gasteiger partial charge in [0.1, 0.15) is 0 Å². The standard InChI is InChI=1S/C8H16Cl2/c1-8(2,3)7(6-10)4-5-9/h7H,4-6H2,1-3H3.